The average Bonchev–Trinajstić information content (AvgIpc) is 3.53. The van der Waals surface area contributed by atoms with Crippen molar-refractivity contribution in [2.45, 2.75) is 69.5 Å². The third kappa shape index (κ3) is 7.93. The first kappa shape index (κ1) is 33.7. The molecule has 0 unspecified atom stereocenters. The predicted octanol–water partition coefficient (Wildman–Crippen LogP) is 5.63. The van der Waals surface area contributed by atoms with Crippen LogP contribution in [0.1, 0.15) is 50.2 Å². The van der Waals surface area contributed by atoms with Gasteiger partial charge in [0.05, 0.1) is 22.6 Å². The summed E-state index contributed by atoms with van der Waals surface area (Å²) in [5, 5.41) is 14.9. The molecule has 45 heavy (non-hydrogen) atoms. The van der Waals surface area contributed by atoms with Crippen LogP contribution in [-0.2, 0) is 26.2 Å². The molecule has 1 fully saturated rings. The number of nitro benzene ring substituents is 1. The van der Waals surface area contributed by atoms with Crippen LogP contribution in [0.3, 0.4) is 0 Å². The second-order valence-electron chi connectivity index (χ2n) is 11.0. The number of nitro groups is 1. The van der Waals surface area contributed by atoms with Gasteiger partial charge >= 0.3 is 0 Å². The molecule has 11 nitrogen and oxygen atoms in total. The Morgan fingerprint density at radius 3 is 2.40 bits per heavy atom. The molecule has 0 radical (unpaired) electrons. The number of ether oxygens (including phenoxy) is 1. The molecule has 0 aromatic heterocycles. The van der Waals surface area contributed by atoms with E-state index >= 15 is 0 Å². The van der Waals surface area contributed by atoms with Gasteiger partial charge in [-0.25, -0.2) is 8.42 Å². The Labute approximate surface area is 268 Å². The molecular weight excluding hydrogens is 620 g/mol. The lowest BCUT2D eigenvalue weighted by atomic mass is 10.1. The number of sulfonamides is 1. The van der Waals surface area contributed by atoms with E-state index in [9.17, 15) is 28.1 Å². The maximum absolute atomic E-state index is 14.3. The molecule has 1 aliphatic carbocycles. The zero-order valence-electron chi connectivity index (χ0n) is 25.4. The van der Waals surface area contributed by atoms with Crippen molar-refractivity contribution in [3.05, 3.63) is 93.0 Å². The number of methoxy groups -OCH3 is 1. The number of hydrogen-bond donors (Lipinski definition) is 1. The van der Waals surface area contributed by atoms with Gasteiger partial charge in [0.25, 0.3) is 15.7 Å². The number of amides is 2. The van der Waals surface area contributed by atoms with Gasteiger partial charge in [0, 0.05) is 29.2 Å². The summed E-state index contributed by atoms with van der Waals surface area (Å²) < 4.78 is 34.8. The van der Waals surface area contributed by atoms with E-state index in [2.05, 4.69) is 5.32 Å². The van der Waals surface area contributed by atoms with Crippen molar-refractivity contribution in [3.63, 3.8) is 0 Å². The molecule has 2 amide bonds. The molecule has 0 saturated heterocycles. The third-order valence-electron chi connectivity index (χ3n) is 7.94. The van der Waals surface area contributed by atoms with Gasteiger partial charge in [0.1, 0.15) is 18.3 Å². The van der Waals surface area contributed by atoms with Crippen LogP contribution in [0, 0.1) is 17.0 Å². The average molecular weight is 657 g/mol. The van der Waals surface area contributed by atoms with Gasteiger partial charge in [-0.05, 0) is 56.0 Å². The number of benzene rings is 3. The lowest BCUT2D eigenvalue weighted by Gasteiger charge is -2.34. The number of carbonyl (C=O) groups is 2. The summed E-state index contributed by atoms with van der Waals surface area (Å²) in [6, 6.07) is 16.1. The number of aryl methyl sites for hydroxylation is 1. The minimum absolute atomic E-state index is 0.0187. The second kappa shape index (κ2) is 14.7. The van der Waals surface area contributed by atoms with Crippen LogP contribution in [0.4, 0.5) is 11.4 Å². The fourth-order valence-corrected chi connectivity index (χ4v) is 7.12. The molecular formula is C32H37ClN4O7S. The first-order valence-electron chi connectivity index (χ1n) is 14.7. The van der Waals surface area contributed by atoms with Crippen molar-refractivity contribution in [3.8, 4) is 5.75 Å². The summed E-state index contributed by atoms with van der Waals surface area (Å²) in [6.45, 7) is 2.61. The van der Waals surface area contributed by atoms with Crippen molar-refractivity contribution >= 4 is 44.8 Å². The Morgan fingerprint density at radius 1 is 1.09 bits per heavy atom. The molecule has 4 rings (SSSR count). The van der Waals surface area contributed by atoms with E-state index < -0.39 is 38.3 Å². The standard InChI is InChI=1S/C32H37ClN4O7S/c1-4-27(32(39)34-25-12-8-9-13-25)35(20-23-10-6-5-7-11-23)31(38)21-36(29-18-24(33)15-17-30(29)44-3)45(42,43)26-16-14-22(2)28(19-26)37(40)41/h5-7,10-11,14-19,25,27H,4,8-9,12-13,20-21H2,1-3H3,(H,34,39)/t27-/m1/s1. The topological polar surface area (TPSA) is 139 Å². The van der Waals surface area contributed by atoms with Gasteiger partial charge in [-0.15, -0.1) is 0 Å². The minimum atomic E-state index is -4.61. The summed E-state index contributed by atoms with van der Waals surface area (Å²) in [7, 11) is -3.26. The van der Waals surface area contributed by atoms with Gasteiger partial charge < -0.3 is 15.0 Å². The molecule has 1 atom stereocenters. The van der Waals surface area contributed by atoms with Crippen LogP contribution in [0.15, 0.2) is 71.6 Å². The summed E-state index contributed by atoms with van der Waals surface area (Å²) in [5.74, 6) is -0.852. The van der Waals surface area contributed by atoms with E-state index in [0.717, 1.165) is 41.6 Å². The van der Waals surface area contributed by atoms with Crippen LogP contribution in [0.5, 0.6) is 5.75 Å². The number of nitrogens with one attached hydrogen (secondary N) is 1. The van der Waals surface area contributed by atoms with Crippen molar-refractivity contribution in [1.82, 2.24) is 10.2 Å². The molecule has 240 valence electrons. The number of rotatable bonds is 13. The molecule has 1 saturated carbocycles. The highest BCUT2D eigenvalue weighted by Crippen LogP contribution is 2.36. The first-order valence-corrected chi connectivity index (χ1v) is 16.5. The number of hydrogen-bond acceptors (Lipinski definition) is 7. The second-order valence-corrected chi connectivity index (χ2v) is 13.3. The van der Waals surface area contributed by atoms with Crippen molar-refractivity contribution in [2.24, 2.45) is 0 Å². The highest BCUT2D eigenvalue weighted by atomic mass is 35.5. The summed E-state index contributed by atoms with van der Waals surface area (Å²) in [5.41, 5.74) is 0.599. The molecule has 0 bridgehead atoms. The summed E-state index contributed by atoms with van der Waals surface area (Å²) >= 11 is 6.29. The molecule has 13 heteroatoms. The number of carbonyl (C=O) groups excluding carboxylic acids is 2. The van der Waals surface area contributed by atoms with Crippen LogP contribution < -0.4 is 14.4 Å². The summed E-state index contributed by atoms with van der Waals surface area (Å²) in [6.07, 6.45) is 4.03. The highest BCUT2D eigenvalue weighted by molar-refractivity contribution is 7.92. The van der Waals surface area contributed by atoms with E-state index in [4.69, 9.17) is 16.3 Å². The van der Waals surface area contributed by atoms with E-state index in [1.54, 1.807) is 6.92 Å². The monoisotopic (exact) mass is 656 g/mol. The van der Waals surface area contributed by atoms with Crippen LogP contribution in [-0.4, -0.2) is 55.8 Å². The van der Waals surface area contributed by atoms with E-state index in [1.165, 1.54) is 49.3 Å². The quantitative estimate of drug-likeness (QED) is 0.186. The molecule has 3 aromatic carbocycles. The fourth-order valence-electron chi connectivity index (χ4n) is 5.51. The van der Waals surface area contributed by atoms with Crippen LogP contribution >= 0.6 is 11.6 Å². The van der Waals surface area contributed by atoms with Gasteiger partial charge in [-0.3, -0.25) is 24.0 Å². The maximum atomic E-state index is 14.3. The van der Waals surface area contributed by atoms with Gasteiger partial charge in [-0.1, -0.05) is 67.8 Å². The van der Waals surface area contributed by atoms with Crippen molar-refractivity contribution in [1.29, 1.82) is 0 Å². The first-order chi connectivity index (χ1) is 21.5. The number of nitrogens with zero attached hydrogens (tertiary/aromatic N) is 3. The Morgan fingerprint density at radius 2 is 1.78 bits per heavy atom. The zero-order valence-corrected chi connectivity index (χ0v) is 27.0. The SMILES string of the molecule is CC[C@H](C(=O)NC1CCCC1)N(Cc1ccccc1)C(=O)CN(c1cc(Cl)ccc1OC)S(=O)(=O)c1ccc(C)c([N+](=O)[O-])c1. The molecule has 0 spiro atoms. The highest BCUT2D eigenvalue weighted by Gasteiger charge is 2.36. The number of halogens is 1. The largest absolute Gasteiger partial charge is 0.495 e. The van der Waals surface area contributed by atoms with Gasteiger partial charge in [-0.2, -0.15) is 0 Å². The molecule has 0 aliphatic heterocycles. The molecule has 3 aromatic rings. The lowest BCUT2D eigenvalue weighted by Crippen LogP contribution is -2.53. The Kier molecular flexibility index (Phi) is 11.1. The zero-order chi connectivity index (χ0) is 32.7. The predicted molar refractivity (Wildman–Crippen MR) is 172 cm³/mol. The van der Waals surface area contributed by atoms with E-state index in [0.29, 0.717) is 0 Å². The summed E-state index contributed by atoms with van der Waals surface area (Å²) in [4.78, 5) is 39.9. The minimum Gasteiger partial charge on any atom is -0.495 e. The van der Waals surface area contributed by atoms with Crippen molar-refractivity contribution in [2.75, 3.05) is 18.0 Å². The molecule has 1 aliphatic rings. The van der Waals surface area contributed by atoms with Crippen molar-refractivity contribution < 1.29 is 27.7 Å². The Bertz CT molecular complexity index is 1650. The third-order valence-corrected chi connectivity index (χ3v) is 9.93. The number of anilines is 1. The van der Waals surface area contributed by atoms with Gasteiger partial charge in [0.2, 0.25) is 11.8 Å². The fraction of sp³-hybridized carbons (Fsp3) is 0.375. The van der Waals surface area contributed by atoms with Gasteiger partial charge in [0.15, 0.2) is 0 Å². The maximum Gasteiger partial charge on any atom is 0.273 e. The van der Waals surface area contributed by atoms with Crippen LogP contribution in [0.2, 0.25) is 5.02 Å². The van der Waals surface area contributed by atoms with Crippen LogP contribution in [0.25, 0.3) is 0 Å². The smallest absolute Gasteiger partial charge is 0.273 e. The Hall–Kier alpha value is -4.16. The van der Waals surface area contributed by atoms with E-state index in [1.807, 2.05) is 30.3 Å². The Balaban J connectivity index is 1.80. The van der Waals surface area contributed by atoms with E-state index in [-0.39, 0.29) is 52.6 Å². The molecule has 1 N–H and O–H groups in total. The lowest BCUT2D eigenvalue weighted by molar-refractivity contribution is -0.385. The molecule has 0 heterocycles. The normalized spacial score (nSPS) is 14.0.